The number of hydrogen-bond donors (Lipinski definition) is 1. The second-order valence-electron chi connectivity index (χ2n) is 7.91. The first kappa shape index (κ1) is 20.0. The van der Waals surface area contributed by atoms with Crippen molar-refractivity contribution in [2.24, 2.45) is 5.92 Å². The number of nitrogens with one attached hydrogen (secondary N) is 1. The van der Waals surface area contributed by atoms with Crippen molar-refractivity contribution in [2.45, 2.75) is 38.1 Å². The highest BCUT2D eigenvalue weighted by Gasteiger charge is 2.36. The molecular formula is C20H27N5O3S. The Morgan fingerprint density at radius 2 is 1.83 bits per heavy atom. The fourth-order valence-electron chi connectivity index (χ4n) is 4.48. The minimum atomic E-state index is -3.19. The maximum Gasteiger partial charge on any atom is 0.226 e. The largest absolute Gasteiger partial charge is 0.334 e. The number of nitrogens with zero attached hydrogens (tertiary/aromatic N) is 4. The maximum absolute atomic E-state index is 13.4. The third kappa shape index (κ3) is 4.20. The van der Waals surface area contributed by atoms with Crippen LogP contribution in [-0.4, -0.2) is 64.6 Å². The Bertz CT molecular complexity index is 952. The maximum atomic E-state index is 13.4. The fraction of sp³-hybridized carbons (Fsp3) is 0.550. The minimum Gasteiger partial charge on any atom is -0.334 e. The second kappa shape index (κ2) is 8.23. The minimum absolute atomic E-state index is 0.0325. The molecule has 29 heavy (non-hydrogen) atoms. The van der Waals surface area contributed by atoms with E-state index in [9.17, 15) is 13.2 Å². The summed E-state index contributed by atoms with van der Waals surface area (Å²) < 4.78 is 25.0. The molecule has 1 amide bonds. The van der Waals surface area contributed by atoms with Crippen molar-refractivity contribution in [3.05, 3.63) is 36.4 Å². The lowest BCUT2D eigenvalue weighted by Crippen LogP contribution is -2.46. The molecule has 0 spiro atoms. The van der Waals surface area contributed by atoms with E-state index in [2.05, 4.69) is 15.2 Å². The molecule has 9 heteroatoms. The van der Waals surface area contributed by atoms with E-state index in [0.29, 0.717) is 25.9 Å². The molecule has 2 aliphatic rings. The Balaban J connectivity index is 1.54. The van der Waals surface area contributed by atoms with Gasteiger partial charge in [0, 0.05) is 43.5 Å². The van der Waals surface area contributed by atoms with Gasteiger partial charge in [-0.25, -0.2) is 12.7 Å². The van der Waals surface area contributed by atoms with Gasteiger partial charge in [-0.15, -0.1) is 0 Å². The Hall–Kier alpha value is -2.26. The Labute approximate surface area is 171 Å². The average Bonchev–Trinajstić information content (AvgIpc) is 3.23. The lowest BCUT2D eigenvalue weighted by molar-refractivity contribution is -0.140. The number of hydrogen-bond acceptors (Lipinski definition) is 5. The number of carbonyl (C=O) groups is 1. The number of rotatable bonds is 4. The fourth-order valence-corrected chi connectivity index (χ4v) is 5.35. The highest BCUT2D eigenvalue weighted by molar-refractivity contribution is 7.88. The quantitative estimate of drug-likeness (QED) is 0.822. The van der Waals surface area contributed by atoms with Crippen LogP contribution in [0.25, 0.3) is 11.1 Å². The van der Waals surface area contributed by atoms with E-state index in [1.807, 2.05) is 23.2 Å². The van der Waals surface area contributed by atoms with Gasteiger partial charge in [-0.1, -0.05) is 0 Å². The zero-order valence-corrected chi connectivity index (χ0v) is 17.4. The lowest BCUT2D eigenvalue weighted by atomic mass is 9.91. The Morgan fingerprint density at radius 3 is 2.52 bits per heavy atom. The summed E-state index contributed by atoms with van der Waals surface area (Å²) in [4.78, 5) is 19.4. The zero-order chi connectivity index (χ0) is 20.4. The van der Waals surface area contributed by atoms with Crippen molar-refractivity contribution < 1.29 is 13.2 Å². The molecule has 2 aliphatic heterocycles. The van der Waals surface area contributed by atoms with Gasteiger partial charge in [-0.05, 0) is 49.8 Å². The van der Waals surface area contributed by atoms with Gasteiger partial charge in [0.2, 0.25) is 15.9 Å². The molecule has 0 saturated carbocycles. The molecule has 0 aliphatic carbocycles. The number of piperidine rings is 2. The van der Waals surface area contributed by atoms with Crippen LogP contribution in [0.3, 0.4) is 0 Å². The molecule has 2 aromatic heterocycles. The molecule has 0 bridgehead atoms. The monoisotopic (exact) mass is 417 g/mol. The Kier molecular flexibility index (Phi) is 5.69. The molecule has 2 fully saturated rings. The van der Waals surface area contributed by atoms with E-state index in [-0.39, 0.29) is 17.9 Å². The summed E-state index contributed by atoms with van der Waals surface area (Å²) in [7, 11) is -3.19. The second-order valence-corrected chi connectivity index (χ2v) is 9.90. The van der Waals surface area contributed by atoms with E-state index in [4.69, 9.17) is 0 Å². The summed E-state index contributed by atoms with van der Waals surface area (Å²) in [5, 5.41) is 7.40. The molecule has 156 valence electrons. The van der Waals surface area contributed by atoms with Gasteiger partial charge < -0.3 is 4.90 Å². The highest BCUT2D eigenvalue weighted by Crippen LogP contribution is 2.37. The van der Waals surface area contributed by atoms with E-state index < -0.39 is 10.0 Å². The van der Waals surface area contributed by atoms with E-state index in [1.165, 1.54) is 10.6 Å². The first-order valence-electron chi connectivity index (χ1n) is 10.1. The molecule has 2 saturated heterocycles. The highest BCUT2D eigenvalue weighted by atomic mass is 32.2. The van der Waals surface area contributed by atoms with Crippen molar-refractivity contribution in [1.82, 2.24) is 24.4 Å². The van der Waals surface area contributed by atoms with Crippen molar-refractivity contribution in [3.63, 3.8) is 0 Å². The van der Waals surface area contributed by atoms with Crippen LogP contribution in [0.5, 0.6) is 0 Å². The van der Waals surface area contributed by atoms with Gasteiger partial charge in [0.15, 0.2) is 0 Å². The van der Waals surface area contributed by atoms with Gasteiger partial charge >= 0.3 is 0 Å². The van der Waals surface area contributed by atoms with Crippen molar-refractivity contribution in [3.8, 4) is 11.1 Å². The summed E-state index contributed by atoms with van der Waals surface area (Å²) in [6.07, 6.45) is 10.7. The van der Waals surface area contributed by atoms with Gasteiger partial charge in [0.05, 0.1) is 24.2 Å². The number of carbonyl (C=O) groups excluding carboxylic acids is 1. The summed E-state index contributed by atoms with van der Waals surface area (Å²) in [6.45, 7) is 1.56. The summed E-state index contributed by atoms with van der Waals surface area (Å²) in [5.74, 6) is 0.0130. The van der Waals surface area contributed by atoms with Gasteiger partial charge in [-0.2, -0.15) is 5.10 Å². The number of aromatic nitrogens is 3. The average molecular weight is 418 g/mol. The molecule has 4 rings (SSSR count). The zero-order valence-electron chi connectivity index (χ0n) is 16.6. The van der Waals surface area contributed by atoms with E-state index in [1.54, 1.807) is 12.4 Å². The van der Waals surface area contributed by atoms with Crippen molar-refractivity contribution >= 4 is 15.9 Å². The van der Waals surface area contributed by atoms with Gasteiger partial charge in [-0.3, -0.25) is 14.9 Å². The smallest absolute Gasteiger partial charge is 0.226 e. The normalized spacial score (nSPS) is 22.0. The molecule has 0 radical (unpaired) electrons. The van der Waals surface area contributed by atoms with Crippen molar-refractivity contribution in [2.75, 3.05) is 25.9 Å². The molecular weight excluding hydrogens is 390 g/mol. The van der Waals surface area contributed by atoms with Gasteiger partial charge in [0.25, 0.3) is 0 Å². The van der Waals surface area contributed by atoms with Crippen LogP contribution in [-0.2, 0) is 14.8 Å². The molecule has 1 N–H and O–H groups in total. The van der Waals surface area contributed by atoms with Crippen LogP contribution in [0.2, 0.25) is 0 Å². The van der Waals surface area contributed by atoms with E-state index in [0.717, 1.165) is 42.6 Å². The van der Waals surface area contributed by atoms with Crippen LogP contribution in [0.1, 0.15) is 43.8 Å². The first-order valence-corrected chi connectivity index (χ1v) is 12.0. The topological polar surface area (TPSA) is 99.3 Å². The standard InChI is InChI=1S/C20H27N5O3S/c1-29(27,28)24-12-7-16(8-13-24)20(26)25-11-3-2-4-18(25)19-17(14-22-23-19)15-5-9-21-10-6-15/h5-6,9-10,14,16,18H,2-4,7-8,11-13H2,1H3,(H,22,23)/t18-/m1/s1. The van der Waals surface area contributed by atoms with Gasteiger partial charge in [0.1, 0.15) is 0 Å². The Morgan fingerprint density at radius 1 is 1.10 bits per heavy atom. The SMILES string of the molecule is CS(=O)(=O)N1CCC(C(=O)N2CCCC[C@@H]2c2[nH]ncc2-c2ccncc2)CC1. The van der Waals surface area contributed by atoms with Crippen molar-refractivity contribution in [1.29, 1.82) is 0 Å². The molecule has 0 aromatic carbocycles. The molecule has 4 heterocycles. The van der Waals surface area contributed by atoms with Crippen LogP contribution in [0.4, 0.5) is 0 Å². The third-order valence-electron chi connectivity index (χ3n) is 6.05. The van der Waals surface area contributed by atoms with Crippen LogP contribution in [0.15, 0.2) is 30.7 Å². The van der Waals surface area contributed by atoms with Crippen LogP contribution >= 0.6 is 0 Å². The predicted octanol–water partition coefficient (Wildman–Crippen LogP) is 2.20. The summed E-state index contributed by atoms with van der Waals surface area (Å²) >= 11 is 0. The molecule has 2 aromatic rings. The summed E-state index contributed by atoms with van der Waals surface area (Å²) in [6, 6.07) is 3.86. The molecule has 1 atom stereocenters. The molecule has 8 nitrogen and oxygen atoms in total. The third-order valence-corrected chi connectivity index (χ3v) is 7.35. The van der Waals surface area contributed by atoms with Crippen LogP contribution < -0.4 is 0 Å². The number of pyridine rings is 1. The number of aromatic amines is 1. The number of likely N-dealkylation sites (tertiary alicyclic amines) is 1. The summed E-state index contributed by atoms with van der Waals surface area (Å²) in [5.41, 5.74) is 3.00. The number of H-pyrrole nitrogens is 1. The van der Waals surface area contributed by atoms with E-state index >= 15 is 0 Å². The number of amides is 1. The number of sulfonamides is 1. The first-order chi connectivity index (χ1) is 13.9. The van der Waals surface area contributed by atoms with Crippen LogP contribution in [0, 0.1) is 5.92 Å². The molecule has 0 unspecified atom stereocenters. The lowest BCUT2D eigenvalue weighted by Gasteiger charge is -2.39. The predicted molar refractivity (Wildman–Crippen MR) is 109 cm³/mol.